The van der Waals surface area contributed by atoms with Gasteiger partial charge in [-0.1, -0.05) is 0 Å². The van der Waals surface area contributed by atoms with Crippen molar-refractivity contribution in [1.82, 2.24) is 15.1 Å². The second-order valence-corrected chi connectivity index (χ2v) is 4.80. The minimum atomic E-state index is -0.360. The average molecular weight is 255 g/mol. The largest absolute Gasteiger partial charge is 0.379 e. The summed E-state index contributed by atoms with van der Waals surface area (Å²) in [4.78, 5) is 27.7. The maximum atomic E-state index is 12.2. The van der Waals surface area contributed by atoms with Gasteiger partial charge in [0.1, 0.15) is 6.04 Å². The first-order chi connectivity index (χ1) is 8.68. The average Bonchev–Trinajstić information content (AvgIpc) is 2.54. The minimum Gasteiger partial charge on any atom is -0.379 e. The highest BCUT2D eigenvalue weighted by Gasteiger charge is 2.28. The Kier molecular flexibility index (Phi) is 4.54. The van der Waals surface area contributed by atoms with Gasteiger partial charge in [0.15, 0.2) is 0 Å². The molecule has 0 saturated carbocycles. The molecule has 1 unspecified atom stereocenters. The van der Waals surface area contributed by atoms with Crippen molar-refractivity contribution in [3.63, 3.8) is 0 Å². The van der Waals surface area contributed by atoms with Gasteiger partial charge in [0.05, 0.1) is 19.8 Å². The van der Waals surface area contributed by atoms with Gasteiger partial charge in [-0.2, -0.15) is 0 Å². The molecule has 0 aromatic rings. The summed E-state index contributed by atoms with van der Waals surface area (Å²) in [6.07, 6.45) is 0.824. The summed E-state index contributed by atoms with van der Waals surface area (Å²) in [5.74, 6) is -0.00993. The lowest BCUT2D eigenvalue weighted by Crippen LogP contribution is -2.50. The first kappa shape index (κ1) is 13.3. The van der Waals surface area contributed by atoms with Gasteiger partial charge >= 0.3 is 0 Å². The van der Waals surface area contributed by atoms with Crippen molar-refractivity contribution in [2.24, 2.45) is 0 Å². The van der Waals surface area contributed by atoms with Crippen molar-refractivity contribution < 1.29 is 14.3 Å². The molecular weight excluding hydrogens is 234 g/mol. The third kappa shape index (κ3) is 3.20. The van der Waals surface area contributed by atoms with E-state index in [0.717, 1.165) is 19.5 Å². The molecule has 2 rings (SSSR count). The first-order valence-corrected chi connectivity index (χ1v) is 6.56. The molecule has 2 aliphatic rings. The molecule has 2 amide bonds. The van der Waals surface area contributed by atoms with Crippen LogP contribution in [-0.4, -0.2) is 73.6 Å². The molecule has 0 bridgehead atoms. The summed E-state index contributed by atoms with van der Waals surface area (Å²) in [7, 11) is 0. The van der Waals surface area contributed by atoms with Gasteiger partial charge in [0.25, 0.3) is 0 Å². The normalized spacial score (nSPS) is 26.6. The molecule has 2 saturated heterocycles. The van der Waals surface area contributed by atoms with Crippen LogP contribution in [0.15, 0.2) is 0 Å². The van der Waals surface area contributed by atoms with Crippen LogP contribution in [0.3, 0.4) is 0 Å². The van der Waals surface area contributed by atoms with Gasteiger partial charge < -0.3 is 15.0 Å². The van der Waals surface area contributed by atoms with E-state index >= 15 is 0 Å². The number of nitrogens with zero attached hydrogens (tertiary/aromatic N) is 2. The van der Waals surface area contributed by atoms with Crippen molar-refractivity contribution in [1.29, 1.82) is 0 Å². The molecule has 0 aromatic carbocycles. The molecule has 0 radical (unpaired) electrons. The lowest BCUT2D eigenvalue weighted by atomic mass is 10.2. The van der Waals surface area contributed by atoms with Gasteiger partial charge in [-0.3, -0.25) is 14.5 Å². The van der Waals surface area contributed by atoms with Crippen LogP contribution in [0.25, 0.3) is 0 Å². The van der Waals surface area contributed by atoms with E-state index in [1.807, 2.05) is 0 Å². The smallest absolute Gasteiger partial charge is 0.242 e. The summed E-state index contributed by atoms with van der Waals surface area (Å²) >= 11 is 0. The van der Waals surface area contributed by atoms with Crippen LogP contribution in [0, 0.1) is 0 Å². The summed E-state index contributed by atoms with van der Waals surface area (Å²) in [5.41, 5.74) is 0. The van der Waals surface area contributed by atoms with Gasteiger partial charge in [-0.25, -0.2) is 0 Å². The van der Waals surface area contributed by atoms with Crippen LogP contribution in [0.4, 0.5) is 0 Å². The number of amides is 2. The number of ether oxygens (including phenoxy) is 1. The molecular formula is C12H21N3O3. The molecule has 18 heavy (non-hydrogen) atoms. The van der Waals surface area contributed by atoms with Crippen molar-refractivity contribution >= 4 is 11.8 Å². The van der Waals surface area contributed by atoms with E-state index < -0.39 is 0 Å². The van der Waals surface area contributed by atoms with Gasteiger partial charge in [-0.05, 0) is 13.3 Å². The second kappa shape index (κ2) is 6.15. The predicted octanol–water partition coefficient (Wildman–Crippen LogP) is -0.944. The lowest BCUT2D eigenvalue weighted by Gasteiger charge is -2.31. The molecule has 0 spiro atoms. The quantitative estimate of drug-likeness (QED) is 0.691. The maximum Gasteiger partial charge on any atom is 0.242 e. The van der Waals surface area contributed by atoms with Crippen LogP contribution in [0.5, 0.6) is 0 Å². The number of carbonyl (C=O) groups is 2. The molecule has 1 N–H and O–H groups in total. The fourth-order valence-corrected chi connectivity index (χ4v) is 2.33. The van der Waals surface area contributed by atoms with Gasteiger partial charge in [-0.15, -0.1) is 0 Å². The Morgan fingerprint density at radius 2 is 2.11 bits per heavy atom. The van der Waals surface area contributed by atoms with Crippen molar-refractivity contribution in [3.05, 3.63) is 0 Å². The summed E-state index contributed by atoms with van der Waals surface area (Å²) in [6.45, 7) is 6.44. The van der Waals surface area contributed by atoms with Crippen LogP contribution in [0.1, 0.15) is 13.3 Å². The summed E-state index contributed by atoms with van der Waals surface area (Å²) in [5, 5.41) is 2.82. The predicted molar refractivity (Wildman–Crippen MR) is 66.1 cm³/mol. The van der Waals surface area contributed by atoms with Crippen molar-refractivity contribution in [3.8, 4) is 0 Å². The maximum absolute atomic E-state index is 12.2. The lowest BCUT2D eigenvalue weighted by molar-refractivity contribution is -0.140. The number of hydrogen-bond donors (Lipinski definition) is 1. The minimum absolute atomic E-state index is 0.0430. The standard InChI is InChI=1S/C12H21N3O3/c1-10-12(17)13-3-2-4-15(10)11(16)9-14-5-7-18-8-6-14/h10H,2-9H2,1H3,(H,13,17). The van der Waals surface area contributed by atoms with E-state index in [4.69, 9.17) is 4.74 Å². The molecule has 0 aromatic heterocycles. The number of hydrogen-bond acceptors (Lipinski definition) is 4. The van der Waals surface area contributed by atoms with E-state index in [1.54, 1.807) is 11.8 Å². The highest BCUT2D eigenvalue weighted by Crippen LogP contribution is 2.07. The van der Waals surface area contributed by atoms with Crippen LogP contribution in [0.2, 0.25) is 0 Å². The summed E-state index contributed by atoms with van der Waals surface area (Å²) in [6, 6.07) is -0.360. The van der Waals surface area contributed by atoms with Crippen LogP contribution >= 0.6 is 0 Å². The SMILES string of the molecule is CC1C(=O)NCCCN1C(=O)CN1CCOCC1. The van der Waals surface area contributed by atoms with E-state index in [1.165, 1.54) is 0 Å². The Bertz CT molecular complexity index is 316. The molecule has 6 nitrogen and oxygen atoms in total. The molecule has 2 fully saturated rings. The number of nitrogens with one attached hydrogen (secondary N) is 1. The fourth-order valence-electron chi connectivity index (χ4n) is 2.33. The third-order valence-corrected chi connectivity index (χ3v) is 3.50. The zero-order valence-corrected chi connectivity index (χ0v) is 10.9. The number of carbonyl (C=O) groups excluding carboxylic acids is 2. The summed E-state index contributed by atoms with van der Waals surface area (Å²) < 4.78 is 5.25. The molecule has 2 heterocycles. The topological polar surface area (TPSA) is 61.9 Å². The fraction of sp³-hybridized carbons (Fsp3) is 0.833. The highest BCUT2D eigenvalue weighted by molar-refractivity contribution is 5.88. The van der Waals surface area contributed by atoms with Crippen molar-refractivity contribution in [2.45, 2.75) is 19.4 Å². The first-order valence-electron chi connectivity index (χ1n) is 6.56. The van der Waals surface area contributed by atoms with E-state index in [2.05, 4.69) is 10.2 Å². The van der Waals surface area contributed by atoms with E-state index in [0.29, 0.717) is 32.8 Å². The Hall–Kier alpha value is -1.14. The molecule has 2 aliphatic heterocycles. The Labute approximate surface area is 107 Å². The van der Waals surface area contributed by atoms with Crippen LogP contribution in [-0.2, 0) is 14.3 Å². The van der Waals surface area contributed by atoms with E-state index in [9.17, 15) is 9.59 Å². The Morgan fingerprint density at radius 3 is 2.83 bits per heavy atom. The second-order valence-electron chi connectivity index (χ2n) is 4.80. The van der Waals surface area contributed by atoms with Gasteiger partial charge in [0.2, 0.25) is 11.8 Å². The van der Waals surface area contributed by atoms with Crippen molar-refractivity contribution in [2.75, 3.05) is 45.9 Å². The molecule has 6 heteroatoms. The number of rotatable bonds is 2. The number of morpholine rings is 1. The monoisotopic (exact) mass is 255 g/mol. The Morgan fingerprint density at radius 1 is 1.39 bits per heavy atom. The molecule has 0 aliphatic carbocycles. The Balaban J connectivity index is 1.91. The molecule has 102 valence electrons. The third-order valence-electron chi connectivity index (χ3n) is 3.50. The zero-order chi connectivity index (χ0) is 13.0. The van der Waals surface area contributed by atoms with Gasteiger partial charge in [0, 0.05) is 26.2 Å². The zero-order valence-electron chi connectivity index (χ0n) is 10.9. The van der Waals surface area contributed by atoms with Crippen LogP contribution < -0.4 is 5.32 Å². The molecule has 1 atom stereocenters. The highest BCUT2D eigenvalue weighted by atomic mass is 16.5. The van der Waals surface area contributed by atoms with E-state index in [-0.39, 0.29) is 17.9 Å².